The molecule has 0 radical (unpaired) electrons. The van der Waals surface area contributed by atoms with E-state index in [9.17, 15) is 0 Å². The second-order valence-corrected chi connectivity index (χ2v) is 3.01. The van der Waals surface area contributed by atoms with E-state index in [1.54, 1.807) is 7.11 Å². The molecule has 70 valence electrons. The van der Waals surface area contributed by atoms with E-state index in [2.05, 4.69) is 10.4 Å². The van der Waals surface area contributed by atoms with Crippen molar-refractivity contribution in [3.05, 3.63) is 17.7 Å². The van der Waals surface area contributed by atoms with Crippen LogP contribution in [-0.2, 0) is 4.74 Å². The fourth-order valence-electron chi connectivity index (χ4n) is 1.49. The summed E-state index contributed by atoms with van der Waals surface area (Å²) in [7, 11) is 1.74. The van der Waals surface area contributed by atoms with Crippen molar-refractivity contribution >= 4 is 0 Å². The zero-order chi connectivity index (χ0) is 8.81. The van der Waals surface area contributed by atoms with Gasteiger partial charge in [0.25, 0.3) is 0 Å². The maximum Gasteiger partial charge on any atom is 1.00 e. The Morgan fingerprint density at radius 2 is 2.38 bits per heavy atom. The molecule has 1 saturated heterocycles. The molecule has 0 aliphatic carbocycles. The summed E-state index contributed by atoms with van der Waals surface area (Å²) in [6.07, 6.45) is 6.22. The van der Waals surface area contributed by atoms with Crippen molar-refractivity contribution in [2.45, 2.75) is 25.8 Å². The molecule has 1 aliphatic rings. The monoisotopic (exact) mass is 176 g/mol. The first-order chi connectivity index (χ1) is 5.88. The van der Waals surface area contributed by atoms with E-state index in [1.807, 2.05) is 19.2 Å². The molecule has 1 atom stereocenters. The van der Waals surface area contributed by atoms with Gasteiger partial charge in [0.2, 0.25) is 0 Å². The van der Waals surface area contributed by atoms with Crippen LogP contribution in [0.25, 0.3) is 5.43 Å². The Bertz CT molecular complexity index is 153. The maximum atomic E-state index is 5.11. The van der Waals surface area contributed by atoms with Gasteiger partial charge < -0.3 is 15.2 Å². The summed E-state index contributed by atoms with van der Waals surface area (Å²) in [5.74, 6) is 0. The van der Waals surface area contributed by atoms with Crippen molar-refractivity contribution < 1.29 is 23.6 Å². The van der Waals surface area contributed by atoms with Gasteiger partial charge in [0, 0.05) is 13.2 Å². The van der Waals surface area contributed by atoms with E-state index in [1.165, 1.54) is 12.8 Å². The van der Waals surface area contributed by atoms with Gasteiger partial charge >= 0.3 is 18.9 Å². The maximum absolute atomic E-state index is 5.11. The standard InChI is InChI=1S/C9H17N2O.Li/c1-3-6-10-11-7-4-5-9(11)8-12-2;/h3,6,9H,4-5,7-8H2,1-2H3;/q-1;+1/b6-3+;/t9-;/m0./s1. The van der Waals surface area contributed by atoms with Crippen LogP contribution in [0.1, 0.15) is 19.8 Å². The molecule has 0 unspecified atom stereocenters. The quantitative estimate of drug-likeness (QED) is 0.510. The van der Waals surface area contributed by atoms with E-state index in [0.717, 1.165) is 13.2 Å². The molecule has 0 amide bonds. The third-order valence-corrected chi connectivity index (χ3v) is 2.07. The summed E-state index contributed by atoms with van der Waals surface area (Å²) >= 11 is 0. The van der Waals surface area contributed by atoms with Crippen molar-refractivity contribution in [2.24, 2.45) is 0 Å². The summed E-state index contributed by atoms with van der Waals surface area (Å²) in [5, 5.41) is 2.11. The van der Waals surface area contributed by atoms with E-state index in [0.29, 0.717) is 6.04 Å². The molecule has 0 aromatic heterocycles. The molecule has 0 bridgehead atoms. The molecule has 0 saturated carbocycles. The molecule has 0 spiro atoms. The first-order valence-electron chi connectivity index (χ1n) is 4.46. The predicted molar refractivity (Wildman–Crippen MR) is 49.8 cm³/mol. The number of nitrogens with zero attached hydrogens (tertiary/aromatic N) is 2. The van der Waals surface area contributed by atoms with Gasteiger partial charge in [0.1, 0.15) is 0 Å². The Labute approximate surface area is 92.7 Å². The predicted octanol–water partition coefficient (Wildman–Crippen LogP) is -1.08. The number of hydrogen-bond acceptors (Lipinski definition) is 2. The second kappa shape index (κ2) is 7.46. The van der Waals surface area contributed by atoms with Crippen LogP contribution in [0.3, 0.4) is 0 Å². The van der Waals surface area contributed by atoms with Crippen LogP contribution in [0.15, 0.2) is 12.3 Å². The molecule has 1 fully saturated rings. The van der Waals surface area contributed by atoms with Crippen LogP contribution in [-0.4, -0.2) is 31.3 Å². The molecule has 0 aromatic rings. The van der Waals surface area contributed by atoms with Gasteiger partial charge in [-0.2, -0.15) is 6.20 Å². The fourth-order valence-corrected chi connectivity index (χ4v) is 1.49. The van der Waals surface area contributed by atoms with Gasteiger partial charge in [-0.25, -0.2) is 0 Å². The summed E-state index contributed by atoms with van der Waals surface area (Å²) < 4.78 is 5.11. The van der Waals surface area contributed by atoms with E-state index in [4.69, 9.17) is 4.74 Å². The third kappa shape index (κ3) is 4.19. The van der Waals surface area contributed by atoms with Crippen LogP contribution in [0.4, 0.5) is 0 Å². The van der Waals surface area contributed by atoms with Crippen molar-refractivity contribution in [3.63, 3.8) is 0 Å². The molecule has 13 heavy (non-hydrogen) atoms. The summed E-state index contributed by atoms with van der Waals surface area (Å²) in [4.78, 5) is 0. The van der Waals surface area contributed by atoms with Crippen LogP contribution >= 0.6 is 0 Å². The Kier molecular flexibility index (Phi) is 7.49. The average molecular weight is 176 g/mol. The second-order valence-electron chi connectivity index (χ2n) is 3.01. The minimum atomic E-state index is 0. The van der Waals surface area contributed by atoms with Crippen molar-refractivity contribution in [2.75, 3.05) is 20.3 Å². The van der Waals surface area contributed by atoms with Crippen LogP contribution < -0.4 is 18.9 Å². The van der Waals surface area contributed by atoms with Crippen LogP contribution in [0.5, 0.6) is 0 Å². The molecule has 1 heterocycles. The summed E-state index contributed by atoms with van der Waals surface area (Å²) in [6.45, 7) is 3.84. The Morgan fingerprint density at radius 1 is 1.62 bits per heavy atom. The van der Waals surface area contributed by atoms with Crippen molar-refractivity contribution in [3.8, 4) is 0 Å². The molecule has 0 N–H and O–H groups in total. The van der Waals surface area contributed by atoms with E-state index in [-0.39, 0.29) is 18.9 Å². The molecule has 3 nitrogen and oxygen atoms in total. The first-order valence-corrected chi connectivity index (χ1v) is 4.46. The average Bonchev–Trinajstić information content (AvgIpc) is 2.50. The zero-order valence-electron chi connectivity index (χ0n) is 8.86. The minimum absolute atomic E-state index is 0. The molecular weight excluding hydrogens is 159 g/mol. The van der Waals surface area contributed by atoms with E-state index < -0.39 is 0 Å². The zero-order valence-corrected chi connectivity index (χ0v) is 8.86. The van der Waals surface area contributed by atoms with Gasteiger partial charge in [-0.15, -0.1) is 6.08 Å². The number of allylic oxidation sites excluding steroid dienone is 1. The molecule has 1 aliphatic heterocycles. The van der Waals surface area contributed by atoms with Crippen molar-refractivity contribution in [1.82, 2.24) is 5.01 Å². The first kappa shape index (κ1) is 13.1. The van der Waals surface area contributed by atoms with Crippen molar-refractivity contribution in [1.29, 1.82) is 0 Å². The largest absolute Gasteiger partial charge is 1.00 e. The Morgan fingerprint density at radius 3 is 3.00 bits per heavy atom. The summed E-state index contributed by atoms with van der Waals surface area (Å²) in [5.41, 5.74) is 4.31. The topological polar surface area (TPSA) is 26.6 Å². The number of ether oxygens (including phenoxy) is 1. The minimum Gasteiger partial charge on any atom is -0.626 e. The molecule has 4 heteroatoms. The van der Waals surface area contributed by atoms with Gasteiger partial charge in [-0.3, -0.25) is 0 Å². The van der Waals surface area contributed by atoms with Crippen LogP contribution in [0.2, 0.25) is 0 Å². The molecule has 1 rings (SSSR count). The Hall–Kier alpha value is 0.0574. The summed E-state index contributed by atoms with van der Waals surface area (Å²) in [6, 6.07) is 0.492. The molecular formula is C9H17LiN2O. The van der Waals surface area contributed by atoms with Gasteiger partial charge in [-0.05, 0) is 26.3 Å². The normalized spacial score (nSPS) is 23.4. The fraction of sp³-hybridized carbons (Fsp3) is 0.778. The van der Waals surface area contributed by atoms with Crippen LogP contribution in [0, 0.1) is 0 Å². The smallest absolute Gasteiger partial charge is 0.626 e. The third-order valence-electron chi connectivity index (χ3n) is 2.07. The Balaban J connectivity index is 0.00000144. The number of methoxy groups -OCH3 is 1. The SMILES string of the molecule is C/C=C/[N-]N1CCC[C@H]1COC.[Li+]. The van der Waals surface area contributed by atoms with E-state index >= 15 is 0 Å². The number of hydrogen-bond donors (Lipinski definition) is 0. The molecule has 0 aromatic carbocycles. The van der Waals surface area contributed by atoms with Gasteiger partial charge in [0.15, 0.2) is 0 Å². The van der Waals surface area contributed by atoms with Gasteiger partial charge in [0.05, 0.1) is 6.61 Å². The van der Waals surface area contributed by atoms with Gasteiger partial charge in [-0.1, -0.05) is 0 Å². The number of rotatable bonds is 4.